The summed E-state index contributed by atoms with van der Waals surface area (Å²) in [5, 5.41) is 0. The Morgan fingerprint density at radius 2 is 0.452 bits per heavy atom. The number of hydrogen-bond donors (Lipinski definition) is 0. The van der Waals surface area contributed by atoms with Crippen molar-refractivity contribution in [3.63, 3.8) is 0 Å². The molecule has 0 rings (SSSR count). The molecule has 0 aromatic heterocycles. The van der Waals surface area contributed by atoms with Crippen molar-refractivity contribution in [2.75, 3.05) is 24.6 Å². The summed E-state index contributed by atoms with van der Waals surface area (Å²) in [7, 11) is -1.03. The molecule has 190 valence electrons. The van der Waals surface area contributed by atoms with E-state index in [9.17, 15) is 0 Å². The first-order chi connectivity index (χ1) is 15.2. The van der Waals surface area contributed by atoms with Crippen LogP contribution < -0.4 is 0 Å². The van der Waals surface area contributed by atoms with Crippen LogP contribution in [0.15, 0.2) is 0 Å². The molecule has 0 bridgehead atoms. The van der Waals surface area contributed by atoms with E-state index in [1.54, 1.807) is 50.3 Å². The molecular weight excluding hydrogens is 391 g/mol. The summed E-state index contributed by atoms with van der Waals surface area (Å²) in [6.07, 6.45) is 39.3. The van der Waals surface area contributed by atoms with Crippen LogP contribution in [0.2, 0.25) is 0 Å². The normalized spacial score (nSPS) is 12.5. The minimum absolute atomic E-state index is 1.03. The van der Waals surface area contributed by atoms with Crippen LogP contribution in [0.4, 0.5) is 0 Å². The number of unbranched alkanes of at least 4 members (excludes halogenated alkanes) is 18. The summed E-state index contributed by atoms with van der Waals surface area (Å²) in [5.74, 6) is 0. The second-order valence-electron chi connectivity index (χ2n) is 10.9. The molecule has 0 saturated carbocycles. The molecule has 0 nitrogen and oxygen atoms in total. The van der Waals surface area contributed by atoms with E-state index in [0.29, 0.717) is 0 Å². The number of hydrogen-bond acceptors (Lipinski definition) is 0. The maximum absolute atomic E-state index is 2.38. The molecule has 0 spiro atoms. The zero-order valence-corrected chi connectivity index (χ0v) is 23.9. The van der Waals surface area contributed by atoms with Gasteiger partial charge < -0.3 is 0 Å². The van der Waals surface area contributed by atoms with E-state index < -0.39 is 7.26 Å². The summed E-state index contributed by atoms with van der Waals surface area (Å²) >= 11 is 0. The summed E-state index contributed by atoms with van der Waals surface area (Å²) in [6, 6.07) is 0. The summed E-state index contributed by atoms with van der Waals surface area (Å²) in [6.45, 7) is 9.43. The van der Waals surface area contributed by atoms with Gasteiger partial charge >= 0.3 is 194 Å². The van der Waals surface area contributed by atoms with E-state index in [0.717, 1.165) is 0 Å². The third-order valence-corrected chi connectivity index (χ3v) is 13.4. The van der Waals surface area contributed by atoms with Crippen LogP contribution in [-0.2, 0) is 0 Å². The van der Waals surface area contributed by atoms with Gasteiger partial charge in [-0.25, -0.2) is 0 Å². The monoisotopic (exact) mass is 456 g/mol. The first-order valence-electron chi connectivity index (χ1n) is 15.2. The summed E-state index contributed by atoms with van der Waals surface area (Å²) in [4.78, 5) is 0. The van der Waals surface area contributed by atoms with Gasteiger partial charge in [0.05, 0.1) is 0 Å². The Hall–Kier alpha value is 0.430. The second-order valence-corrected chi connectivity index (χ2v) is 15.9. The predicted molar refractivity (Wildman–Crippen MR) is 152 cm³/mol. The van der Waals surface area contributed by atoms with Gasteiger partial charge in [-0.1, -0.05) is 6.92 Å². The Labute approximate surface area is 200 Å². The van der Waals surface area contributed by atoms with Gasteiger partial charge in [0.2, 0.25) is 0 Å². The number of rotatable bonds is 26. The molecule has 0 saturated heterocycles. The molecule has 0 fully saturated rings. The molecule has 31 heavy (non-hydrogen) atoms. The van der Waals surface area contributed by atoms with Crippen molar-refractivity contribution < 1.29 is 0 Å². The van der Waals surface area contributed by atoms with Gasteiger partial charge in [0, 0.05) is 0 Å². The van der Waals surface area contributed by atoms with Crippen LogP contribution in [0.1, 0.15) is 169 Å². The van der Waals surface area contributed by atoms with E-state index in [-0.39, 0.29) is 0 Å². The van der Waals surface area contributed by atoms with Gasteiger partial charge in [0.15, 0.2) is 0 Å². The van der Waals surface area contributed by atoms with Crippen molar-refractivity contribution in [2.24, 2.45) is 0 Å². The Morgan fingerprint density at radius 1 is 0.258 bits per heavy atom. The fraction of sp³-hybridized carbons (Fsp3) is 1.00. The molecule has 0 aliphatic rings. The fourth-order valence-corrected chi connectivity index (χ4v) is 11.0. The molecule has 0 unspecified atom stereocenters. The SMILES string of the molecule is CCCCCCCCCCCCC[PH](CCCCC)(CCCCCC)CCCCCC. The first kappa shape index (κ1) is 31.4. The molecule has 0 aliphatic heterocycles. The Kier molecular flexibility index (Phi) is 25.4. The Balaban J connectivity index is 4.32. The predicted octanol–water partition coefficient (Wildman–Crippen LogP) is 11.4. The van der Waals surface area contributed by atoms with Gasteiger partial charge in [-0.3, -0.25) is 0 Å². The maximum atomic E-state index is 2.38. The van der Waals surface area contributed by atoms with Crippen LogP contribution in [0.3, 0.4) is 0 Å². The summed E-state index contributed by atoms with van der Waals surface area (Å²) in [5.41, 5.74) is 0. The summed E-state index contributed by atoms with van der Waals surface area (Å²) < 4.78 is 0. The first-order valence-corrected chi connectivity index (χ1v) is 18.1. The van der Waals surface area contributed by atoms with E-state index in [1.807, 2.05) is 0 Å². The molecular formula is C30H65P. The van der Waals surface area contributed by atoms with Crippen molar-refractivity contribution in [3.8, 4) is 0 Å². The van der Waals surface area contributed by atoms with Gasteiger partial charge in [0.25, 0.3) is 0 Å². The standard InChI is InChI=1S/C30H65P/c1-5-9-13-16-17-18-19-20-21-22-26-30-31(27-23-12-8-4,28-24-14-10-6-2)29-25-15-11-7-3/h31H,5-30H2,1-4H3. The molecule has 0 amide bonds. The molecule has 1 heteroatoms. The van der Waals surface area contributed by atoms with Crippen LogP contribution in [-0.4, -0.2) is 24.6 Å². The Morgan fingerprint density at radius 3 is 0.774 bits per heavy atom. The van der Waals surface area contributed by atoms with E-state index in [4.69, 9.17) is 0 Å². The van der Waals surface area contributed by atoms with Crippen LogP contribution in [0.25, 0.3) is 0 Å². The second kappa shape index (κ2) is 25.1. The van der Waals surface area contributed by atoms with Crippen molar-refractivity contribution in [2.45, 2.75) is 169 Å². The molecule has 0 aromatic carbocycles. The minimum atomic E-state index is -1.03. The van der Waals surface area contributed by atoms with Gasteiger partial charge in [0.1, 0.15) is 0 Å². The van der Waals surface area contributed by atoms with Gasteiger partial charge in [-0.15, -0.1) is 0 Å². The topological polar surface area (TPSA) is 0 Å². The quantitative estimate of drug-likeness (QED) is 0.0896. The van der Waals surface area contributed by atoms with Crippen LogP contribution >= 0.6 is 7.26 Å². The van der Waals surface area contributed by atoms with E-state index in [2.05, 4.69) is 27.7 Å². The molecule has 0 heterocycles. The molecule has 0 N–H and O–H groups in total. The van der Waals surface area contributed by atoms with Crippen molar-refractivity contribution in [1.29, 1.82) is 0 Å². The van der Waals surface area contributed by atoms with Crippen LogP contribution in [0, 0.1) is 0 Å². The molecule has 0 radical (unpaired) electrons. The third kappa shape index (κ3) is 20.7. The van der Waals surface area contributed by atoms with E-state index >= 15 is 0 Å². The Bertz CT molecular complexity index is 312. The fourth-order valence-electron chi connectivity index (χ4n) is 5.52. The molecule has 0 atom stereocenters. The average molecular weight is 457 g/mol. The average Bonchev–Trinajstić information content (AvgIpc) is 2.78. The molecule has 0 aliphatic carbocycles. The molecule has 0 aromatic rings. The van der Waals surface area contributed by atoms with Crippen molar-refractivity contribution in [3.05, 3.63) is 0 Å². The van der Waals surface area contributed by atoms with Crippen molar-refractivity contribution in [1.82, 2.24) is 0 Å². The van der Waals surface area contributed by atoms with E-state index in [1.165, 1.54) is 116 Å². The zero-order valence-electron chi connectivity index (χ0n) is 22.9. The van der Waals surface area contributed by atoms with Crippen molar-refractivity contribution >= 4 is 7.26 Å². The zero-order chi connectivity index (χ0) is 22.9. The van der Waals surface area contributed by atoms with Crippen LogP contribution in [0.5, 0.6) is 0 Å². The van der Waals surface area contributed by atoms with Gasteiger partial charge in [-0.05, 0) is 0 Å². The third-order valence-electron chi connectivity index (χ3n) is 7.74. The van der Waals surface area contributed by atoms with Gasteiger partial charge in [-0.2, -0.15) is 0 Å².